The van der Waals surface area contributed by atoms with Gasteiger partial charge in [0.2, 0.25) is 5.91 Å². The van der Waals surface area contributed by atoms with Gasteiger partial charge in [-0.25, -0.2) is 0 Å². The summed E-state index contributed by atoms with van der Waals surface area (Å²) in [6.07, 6.45) is 9.21. The highest BCUT2D eigenvalue weighted by atomic mass is 35.5. The van der Waals surface area contributed by atoms with E-state index >= 15 is 0 Å². The molecule has 1 aromatic heterocycles. The molecule has 1 saturated heterocycles. The van der Waals surface area contributed by atoms with Crippen LogP contribution >= 0.6 is 11.6 Å². The molecule has 1 aromatic rings. The van der Waals surface area contributed by atoms with Gasteiger partial charge in [-0.3, -0.25) is 9.48 Å². The number of aryl methyl sites for hydroxylation is 2. The predicted molar refractivity (Wildman–Crippen MR) is 83.1 cm³/mol. The number of aromatic nitrogens is 2. The van der Waals surface area contributed by atoms with Gasteiger partial charge in [0.1, 0.15) is 5.15 Å². The molecule has 5 heteroatoms. The largest absolute Gasteiger partial charge is 0.335 e. The van der Waals surface area contributed by atoms with Gasteiger partial charge < -0.3 is 4.90 Å². The number of allylic oxidation sites excluding steroid dienone is 2. The molecule has 3 rings (SSSR count). The van der Waals surface area contributed by atoms with E-state index < -0.39 is 0 Å². The van der Waals surface area contributed by atoms with E-state index in [9.17, 15) is 4.79 Å². The highest BCUT2D eigenvalue weighted by molar-refractivity contribution is 6.30. The van der Waals surface area contributed by atoms with Crippen molar-refractivity contribution in [3.8, 4) is 0 Å². The molecule has 1 amide bonds. The van der Waals surface area contributed by atoms with Crippen LogP contribution in [0.15, 0.2) is 12.2 Å². The second-order valence-corrected chi connectivity index (χ2v) is 6.44. The molecule has 2 heterocycles. The maximum Gasteiger partial charge on any atom is 0.226 e. The molecule has 1 aliphatic heterocycles. The molecule has 4 nitrogen and oxygen atoms in total. The van der Waals surface area contributed by atoms with Crippen molar-refractivity contribution in [1.29, 1.82) is 0 Å². The number of halogens is 1. The Morgan fingerprint density at radius 2 is 2.19 bits per heavy atom. The topological polar surface area (TPSA) is 38.1 Å². The first-order chi connectivity index (χ1) is 10.1. The van der Waals surface area contributed by atoms with E-state index in [-0.39, 0.29) is 12.0 Å². The third-order valence-electron chi connectivity index (χ3n) is 4.68. The summed E-state index contributed by atoms with van der Waals surface area (Å²) in [5, 5.41) is 5.06. The standard InChI is InChI=1S/C16H22ClN3O/c1-11-14(15(17)19(2)18-11)13-9-6-10-20(13)16(21)12-7-4-3-5-8-12/h3-4,12-13H,5-10H2,1-2H3/t12-,13+/m1/s1. The summed E-state index contributed by atoms with van der Waals surface area (Å²) in [6.45, 7) is 2.82. The molecule has 0 bridgehead atoms. The van der Waals surface area contributed by atoms with E-state index in [1.54, 1.807) is 4.68 Å². The molecule has 114 valence electrons. The summed E-state index contributed by atoms with van der Waals surface area (Å²) >= 11 is 6.40. The highest BCUT2D eigenvalue weighted by Crippen LogP contribution is 2.39. The molecular formula is C16H22ClN3O. The maximum atomic E-state index is 12.8. The fraction of sp³-hybridized carbons (Fsp3) is 0.625. The quantitative estimate of drug-likeness (QED) is 0.785. The number of amides is 1. The van der Waals surface area contributed by atoms with E-state index in [4.69, 9.17) is 11.6 Å². The third-order valence-corrected chi connectivity index (χ3v) is 5.13. The van der Waals surface area contributed by atoms with Crippen LogP contribution in [0.4, 0.5) is 0 Å². The zero-order valence-electron chi connectivity index (χ0n) is 12.7. The lowest BCUT2D eigenvalue weighted by molar-refractivity contribution is -0.136. The lowest BCUT2D eigenvalue weighted by atomic mass is 9.92. The minimum Gasteiger partial charge on any atom is -0.335 e. The summed E-state index contributed by atoms with van der Waals surface area (Å²) in [5.41, 5.74) is 1.98. The van der Waals surface area contributed by atoms with Gasteiger partial charge in [-0.2, -0.15) is 5.10 Å². The van der Waals surface area contributed by atoms with Crippen LogP contribution in [-0.2, 0) is 11.8 Å². The number of carbonyl (C=O) groups excluding carboxylic acids is 1. The molecule has 2 aliphatic rings. The molecule has 1 fully saturated rings. The predicted octanol–water partition coefficient (Wildman–Crippen LogP) is 3.40. The van der Waals surface area contributed by atoms with Crippen molar-refractivity contribution >= 4 is 17.5 Å². The van der Waals surface area contributed by atoms with Gasteiger partial charge in [0.05, 0.1) is 11.7 Å². The van der Waals surface area contributed by atoms with Crippen molar-refractivity contribution in [2.24, 2.45) is 13.0 Å². The first-order valence-electron chi connectivity index (χ1n) is 7.74. The van der Waals surface area contributed by atoms with Gasteiger partial charge in [-0.15, -0.1) is 0 Å². The van der Waals surface area contributed by atoms with Crippen molar-refractivity contribution in [3.63, 3.8) is 0 Å². The van der Waals surface area contributed by atoms with Gasteiger partial charge in [0.15, 0.2) is 0 Å². The SMILES string of the molecule is Cc1nn(C)c(Cl)c1[C@@H]1CCCN1C(=O)[C@@H]1CC=CCC1. The van der Waals surface area contributed by atoms with Crippen LogP contribution in [0.2, 0.25) is 5.15 Å². The van der Waals surface area contributed by atoms with Gasteiger partial charge in [0.25, 0.3) is 0 Å². The lowest BCUT2D eigenvalue weighted by Gasteiger charge is -2.29. The fourth-order valence-corrected chi connectivity index (χ4v) is 3.91. The molecule has 0 radical (unpaired) electrons. The van der Waals surface area contributed by atoms with E-state index in [1.807, 2.05) is 18.9 Å². The number of hydrogen-bond acceptors (Lipinski definition) is 2. The number of rotatable bonds is 2. The summed E-state index contributed by atoms with van der Waals surface area (Å²) in [5.74, 6) is 0.438. The van der Waals surface area contributed by atoms with E-state index in [1.165, 1.54) is 0 Å². The average Bonchev–Trinajstić information content (AvgIpc) is 3.05. The Morgan fingerprint density at radius 3 is 2.81 bits per heavy atom. The molecule has 0 aromatic carbocycles. The molecule has 0 N–H and O–H groups in total. The Balaban J connectivity index is 1.85. The number of nitrogens with zero attached hydrogens (tertiary/aromatic N) is 3. The van der Waals surface area contributed by atoms with Crippen LogP contribution in [0.5, 0.6) is 0 Å². The summed E-state index contributed by atoms with van der Waals surface area (Å²) in [7, 11) is 1.85. The molecule has 0 spiro atoms. The minimum atomic E-state index is 0.101. The van der Waals surface area contributed by atoms with Crippen molar-refractivity contribution in [1.82, 2.24) is 14.7 Å². The van der Waals surface area contributed by atoms with Crippen LogP contribution in [0.1, 0.15) is 49.4 Å². The van der Waals surface area contributed by atoms with Crippen LogP contribution in [0.25, 0.3) is 0 Å². The first kappa shape index (κ1) is 14.6. The van der Waals surface area contributed by atoms with Crippen molar-refractivity contribution < 1.29 is 4.79 Å². The van der Waals surface area contributed by atoms with Crippen LogP contribution < -0.4 is 0 Å². The lowest BCUT2D eigenvalue weighted by Crippen LogP contribution is -2.36. The molecule has 0 saturated carbocycles. The Morgan fingerprint density at radius 1 is 1.38 bits per heavy atom. The smallest absolute Gasteiger partial charge is 0.226 e. The Bertz CT molecular complexity index is 578. The number of carbonyl (C=O) groups is 1. The number of likely N-dealkylation sites (tertiary alicyclic amines) is 1. The van der Waals surface area contributed by atoms with Gasteiger partial charge >= 0.3 is 0 Å². The zero-order valence-corrected chi connectivity index (χ0v) is 13.4. The summed E-state index contributed by atoms with van der Waals surface area (Å²) in [4.78, 5) is 14.9. The normalized spacial score (nSPS) is 25.6. The second kappa shape index (κ2) is 5.84. The maximum absolute atomic E-state index is 12.8. The molecule has 2 atom stereocenters. The van der Waals surface area contributed by atoms with E-state index in [2.05, 4.69) is 17.3 Å². The minimum absolute atomic E-state index is 0.101. The number of hydrogen-bond donors (Lipinski definition) is 0. The van der Waals surface area contributed by atoms with Crippen molar-refractivity contribution in [2.75, 3.05) is 6.54 Å². The van der Waals surface area contributed by atoms with Gasteiger partial charge in [0, 0.05) is 25.1 Å². The first-order valence-corrected chi connectivity index (χ1v) is 8.12. The van der Waals surface area contributed by atoms with E-state index in [0.717, 1.165) is 49.9 Å². The molecule has 0 unspecified atom stereocenters. The summed E-state index contributed by atoms with van der Waals surface area (Å²) < 4.78 is 1.70. The van der Waals surface area contributed by atoms with Crippen LogP contribution in [0, 0.1) is 12.8 Å². The molecular weight excluding hydrogens is 286 g/mol. The van der Waals surface area contributed by atoms with Gasteiger partial charge in [-0.05, 0) is 39.0 Å². The van der Waals surface area contributed by atoms with Crippen molar-refractivity contribution in [2.45, 2.75) is 45.1 Å². The molecule has 1 aliphatic carbocycles. The second-order valence-electron chi connectivity index (χ2n) is 6.08. The Kier molecular flexibility index (Phi) is 4.07. The Labute approximate surface area is 130 Å². The van der Waals surface area contributed by atoms with Crippen molar-refractivity contribution in [3.05, 3.63) is 28.6 Å². The van der Waals surface area contributed by atoms with E-state index in [0.29, 0.717) is 11.1 Å². The molecule has 21 heavy (non-hydrogen) atoms. The van der Waals surface area contributed by atoms with Gasteiger partial charge in [-0.1, -0.05) is 23.8 Å². The average molecular weight is 308 g/mol. The monoisotopic (exact) mass is 307 g/mol. The fourth-order valence-electron chi connectivity index (χ4n) is 3.61. The summed E-state index contributed by atoms with van der Waals surface area (Å²) in [6, 6.07) is 0.101. The Hall–Kier alpha value is -1.29. The van der Waals surface area contributed by atoms with Crippen LogP contribution in [0.3, 0.4) is 0 Å². The third kappa shape index (κ3) is 2.61. The highest BCUT2D eigenvalue weighted by Gasteiger charge is 2.36. The van der Waals surface area contributed by atoms with Crippen LogP contribution in [-0.4, -0.2) is 27.1 Å². The zero-order chi connectivity index (χ0) is 15.0.